The van der Waals surface area contributed by atoms with E-state index in [0.29, 0.717) is 19.4 Å². The number of hydrogen-bond donors (Lipinski definition) is 0. The maximum atomic E-state index is 13.2. The highest BCUT2D eigenvalue weighted by atomic mass is 19.1. The first kappa shape index (κ1) is 13.7. The quantitative estimate of drug-likeness (QED) is 0.768. The van der Waals surface area contributed by atoms with Crippen molar-refractivity contribution in [2.24, 2.45) is 5.92 Å². The van der Waals surface area contributed by atoms with Crippen LogP contribution in [-0.2, 0) is 4.74 Å². The van der Waals surface area contributed by atoms with Gasteiger partial charge in [-0.1, -0.05) is 12.8 Å². The number of Topliss-reactive ketones (excluding diaryl/α,β-unsaturated/α-hetero) is 1. The second-order valence-corrected chi connectivity index (χ2v) is 5.95. The molecular formula is C16H18F2O2. The average Bonchev–Trinajstić information content (AvgIpc) is 2.85. The second kappa shape index (κ2) is 5.24. The molecule has 2 fully saturated rings. The van der Waals surface area contributed by atoms with Crippen LogP contribution in [0.2, 0.25) is 0 Å². The van der Waals surface area contributed by atoms with Crippen molar-refractivity contribution in [2.45, 2.75) is 44.1 Å². The van der Waals surface area contributed by atoms with E-state index in [9.17, 15) is 13.6 Å². The van der Waals surface area contributed by atoms with E-state index < -0.39 is 11.6 Å². The number of ketones is 1. The highest BCUT2D eigenvalue weighted by Crippen LogP contribution is 2.42. The first-order valence-electron chi connectivity index (χ1n) is 7.22. The fourth-order valence-corrected chi connectivity index (χ4v) is 3.55. The summed E-state index contributed by atoms with van der Waals surface area (Å²) < 4.78 is 32.4. The van der Waals surface area contributed by atoms with Gasteiger partial charge in [-0.05, 0) is 37.8 Å². The van der Waals surface area contributed by atoms with Crippen LogP contribution in [0.4, 0.5) is 8.78 Å². The van der Waals surface area contributed by atoms with Crippen LogP contribution in [-0.4, -0.2) is 18.0 Å². The summed E-state index contributed by atoms with van der Waals surface area (Å²) in [5.41, 5.74) is -0.0210. The molecule has 2 nitrogen and oxygen atoms in total. The molecule has 0 N–H and O–H groups in total. The smallest absolute Gasteiger partial charge is 0.166 e. The van der Waals surface area contributed by atoms with Crippen molar-refractivity contribution in [3.8, 4) is 0 Å². The van der Waals surface area contributed by atoms with Crippen LogP contribution < -0.4 is 0 Å². The Morgan fingerprint density at radius 1 is 1.15 bits per heavy atom. The Balaban J connectivity index is 1.79. The van der Waals surface area contributed by atoms with Crippen LogP contribution in [0.3, 0.4) is 0 Å². The maximum Gasteiger partial charge on any atom is 0.166 e. The van der Waals surface area contributed by atoms with Gasteiger partial charge in [0, 0.05) is 24.2 Å². The normalized spacial score (nSPS) is 25.0. The third kappa shape index (κ3) is 2.62. The lowest BCUT2D eigenvalue weighted by Crippen LogP contribution is -2.39. The molecule has 20 heavy (non-hydrogen) atoms. The van der Waals surface area contributed by atoms with Crippen molar-refractivity contribution >= 4 is 5.78 Å². The minimum Gasteiger partial charge on any atom is -0.375 e. The van der Waals surface area contributed by atoms with Crippen LogP contribution >= 0.6 is 0 Å². The summed E-state index contributed by atoms with van der Waals surface area (Å²) in [5.74, 6) is -1.73. The molecule has 0 aromatic heterocycles. The Hall–Kier alpha value is -1.29. The van der Waals surface area contributed by atoms with E-state index in [1.54, 1.807) is 0 Å². The molecule has 4 heteroatoms. The van der Waals surface area contributed by atoms with Gasteiger partial charge in [0.05, 0.1) is 5.60 Å². The number of hydrogen-bond acceptors (Lipinski definition) is 2. The van der Waals surface area contributed by atoms with Gasteiger partial charge in [-0.2, -0.15) is 0 Å². The minimum atomic E-state index is -0.698. The van der Waals surface area contributed by atoms with Crippen LogP contribution in [0.15, 0.2) is 18.2 Å². The number of ether oxygens (including phenoxy) is 1. The zero-order valence-corrected chi connectivity index (χ0v) is 11.3. The van der Waals surface area contributed by atoms with Gasteiger partial charge in [0.1, 0.15) is 11.6 Å². The molecule has 1 atom stereocenters. The Bertz CT molecular complexity index is 501. The average molecular weight is 280 g/mol. The van der Waals surface area contributed by atoms with Crippen molar-refractivity contribution in [2.75, 3.05) is 6.61 Å². The molecule has 108 valence electrons. The third-order valence-corrected chi connectivity index (χ3v) is 4.53. The first-order chi connectivity index (χ1) is 9.58. The van der Waals surface area contributed by atoms with Gasteiger partial charge in [-0.25, -0.2) is 8.78 Å². The monoisotopic (exact) mass is 280 g/mol. The van der Waals surface area contributed by atoms with Gasteiger partial charge >= 0.3 is 0 Å². The Kier molecular flexibility index (Phi) is 3.59. The largest absolute Gasteiger partial charge is 0.375 e. The lowest BCUT2D eigenvalue weighted by atomic mass is 9.80. The van der Waals surface area contributed by atoms with Crippen LogP contribution in [0.25, 0.3) is 0 Å². The molecule has 1 unspecified atom stereocenters. The molecule has 0 bridgehead atoms. The first-order valence-corrected chi connectivity index (χ1v) is 7.22. The second-order valence-electron chi connectivity index (χ2n) is 5.95. The zero-order chi connectivity index (χ0) is 14.2. The number of halogens is 2. The molecule has 1 aromatic carbocycles. The van der Waals surface area contributed by atoms with Gasteiger partial charge in [0.15, 0.2) is 5.78 Å². The Morgan fingerprint density at radius 3 is 2.45 bits per heavy atom. The van der Waals surface area contributed by atoms with Crippen molar-refractivity contribution in [1.82, 2.24) is 0 Å². The van der Waals surface area contributed by atoms with Gasteiger partial charge in [0.2, 0.25) is 0 Å². The summed E-state index contributed by atoms with van der Waals surface area (Å²) in [4.78, 5) is 12.5. The molecule has 0 radical (unpaired) electrons. The van der Waals surface area contributed by atoms with E-state index in [1.807, 2.05) is 0 Å². The summed E-state index contributed by atoms with van der Waals surface area (Å²) in [6.45, 7) is 0.564. The van der Waals surface area contributed by atoms with Crippen LogP contribution in [0.5, 0.6) is 0 Å². The van der Waals surface area contributed by atoms with E-state index in [0.717, 1.165) is 43.9 Å². The number of carbonyl (C=O) groups is 1. The summed E-state index contributed by atoms with van der Waals surface area (Å²) in [6, 6.07) is 3.05. The molecular weight excluding hydrogens is 262 g/mol. The molecule has 1 heterocycles. The highest BCUT2D eigenvalue weighted by molar-refractivity contribution is 5.98. The molecule has 1 aliphatic heterocycles. The number of carbonyl (C=O) groups excluding carboxylic acids is 1. The number of rotatable bonds is 2. The fourth-order valence-electron chi connectivity index (χ4n) is 3.55. The van der Waals surface area contributed by atoms with Gasteiger partial charge in [0.25, 0.3) is 0 Å². The van der Waals surface area contributed by atoms with Gasteiger partial charge in [-0.15, -0.1) is 0 Å². The lowest BCUT2D eigenvalue weighted by molar-refractivity contribution is -0.0866. The van der Waals surface area contributed by atoms with Crippen molar-refractivity contribution in [3.05, 3.63) is 35.4 Å². The standard InChI is InChI=1S/C16H18F2O2/c17-13-7-12(8-14(18)9-13)15(19)11-3-6-20-16(10-11)4-1-2-5-16/h7-9,11H,1-6,10H2. The molecule has 1 saturated carbocycles. The Morgan fingerprint density at radius 2 is 1.80 bits per heavy atom. The zero-order valence-electron chi connectivity index (χ0n) is 11.3. The fraction of sp³-hybridized carbons (Fsp3) is 0.562. The maximum absolute atomic E-state index is 13.2. The van der Waals surface area contributed by atoms with Crippen molar-refractivity contribution < 1.29 is 18.3 Å². The third-order valence-electron chi connectivity index (χ3n) is 4.53. The van der Waals surface area contributed by atoms with Crippen molar-refractivity contribution in [3.63, 3.8) is 0 Å². The van der Waals surface area contributed by atoms with Crippen LogP contribution in [0.1, 0.15) is 48.9 Å². The summed E-state index contributed by atoms with van der Waals surface area (Å²) in [7, 11) is 0. The van der Waals surface area contributed by atoms with Gasteiger partial charge < -0.3 is 4.74 Å². The molecule has 1 saturated heterocycles. The van der Waals surface area contributed by atoms with Crippen LogP contribution in [0, 0.1) is 17.6 Å². The summed E-state index contributed by atoms with van der Waals surface area (Å²) in [6.07, 6.45) is 5.58. The van der Waals surface area contributed by atoms with E-state index in [4.69, 9.17) is 4.74 Å². The molecule has 3 rings (SSSR count). The minimum absolute atomic E-state index is 0.141. The summed E-state index contributed by atoms with van der Waals surface area (Å²) >= 11 is 0. The number of benzene rings is 1. The van der Waals surface area contributed by atoms with E-state index in [2.05, 4.69) is 0 Å². The summed E-state index contributed by atoms with van der Waals surface area (Å²) in [5, 5.41) is 0. The van der Waals surface area contributed by atoms with Gasteiger partial charge in [-0.3, -0.25) is 4.79 Å². The highest BCUT2D eigenvalue weighted by Gasteiger charge is 2.42. The SMILES string of the molecule is O=C(c1cc(F)cc(F)c1)C1CCOC2(CCCC2)C1. The van der Waals surface area contributed by atoms with E-state index >= 15 is 0 Å². The molecule has 1 spiro atoms. The molecule has 2 aliphatic rings. The predicted molar refractivity (Wildman–Crippen MR) is 70.6 cm³/mol. The lowest BCUT2D eigenvalue weighted by Gasteiger charge is -2.37. The molecule has 1 aliphatic carbocycles. The Labute approximate surface area is 117 Å². The topological polar surface area (TPSA) is 26.3 Å². The predicted octanol–water partition coefficient (Wildman–Crippen LogP) is 3.89. The van der Waals surface area contributed by atoms with Crippen molar-refractivity contribution in [1.29, 1.82) is 0 Å². The van der Waals surface area contributed by atoms with E-state index in [1.165, 1.54) is 0 Å². The molecule has 0 amide bonds. The molecule has 1 aromatic rings. The van der Waals surface area contributed by atoms with E-state index in [-0.39, 0.29) is 22.9 Å².